The summed E-state index contributed by atoms with van der Waals surface area (Å²) in [6.45, 7) is 19.1. The van der Waals surface area contributed by atoms with Gasteiger partial charge in [0.2, 0.25) is 5.36 Å². The van der Waals surface area contributed by atoms with Gasteiger partial charge in [0.1, 0.15) is 34.9 Å². The molecule has 470 valence electrons. The molecule has 1 atom stereocenters. The summed E-state index contributed by atoms with van der Waals surface area (Å²) in [5, 5.41) is 10.4. The maximum atomic E-state index is 12.3. The van der Waals surface area contributed by atoms with Crippen molar-refractivity contribution in [1.29, 1.82) is 0 Å². The quantitative estimate of drug-likeness (QED) is 0.0364. The van der Waals surface area contributed by atoms with Gasteiger partial charge in [-0.15, -0.1) is 0 Å². The van der Waals surface area contributed by atoms with Crippen LogP contribution in [0.4, 0.5) is 5.69 Å². The molecule has 0 fully saturated rings. The first kappa shape index (κ1) is 75.0. The van der Waals surface area contributed by atoms with Gasteiger partial charge in [0.25, 0.3) is 0 Å². The number of nitrogens with zero attached hydrogens (tertiary/aromatic N) is 2. The van der Waals surface area contributed by atoms with E-state index in [-0.39, 0.29) is 67.2 Å². The van der Waals surface area contributed by atoms with Crippen molar-refractivity contribution in [3.8, 4) is 11.3 Å². The van der Waals surface area contributed by atoms with E-state index in [4.69, 9.17) is 61.3 Å². The Labute approximate surface area is 518 Å². The predicted octanol–water partition coefficient (Wildman–Crippen LogP) is 1.69. The van der Waals surface area contributed by atoms with E-state index in [0.717, 1.165) is 16.5 Å². The molecule has 0 saturated carbocycles. The number of fused-ring (bicyclic) bond motifs is 2. The van der Waals surface area contributed by atoms with E-state index in [1.165, 1.54) is 18.2 Å². The summed E-state index contributed by atoms with van der Waals surface area (Å²) >= 11 is 0. The van der Waals surface area contributed by atoms with Gasteiger partial charge in [-0.2, -0.15) is 0 Å². The van der Waals surface area contributed by atoms with Gasteiger partial charge in [0, 0.05) is 61.4 Å². The third kappa shape index (κ3) is 28.7. The van der Waals surface area contributed by atoms with Crippen LogP contribution in [0.1, 0.15) is 70.3 Å². The normalized spacial score (nSPS) is 15.2. The summed E-state index contributed by atoms with van der Waals surface area (Å²) in [5.41, 5.74) is 2.08. The molecule has 3 aliphatic rings. The van der Waals surface area contributed by atoms with Crippen molar-refractivity contribution in [1.82, 2.24) is 4.58 Å². The van der Waals surface area contributed by atoms with Crippen LogP contribution < -0.4 is 44.4 Å². The third-order valence-electron chi connectivity index (χ3n) is 13.1. The smallest absolute Gasteiger partial charge is 0.748 e. The van der Waals surface area contributed by atoms with E-state index in [1.807, 2.05) is 31.2 Å². The molecule has 84 heavy (non-hydrogen) atoms. The predicted molar refractivity (Wildman–Crippen MR) is 308 cm³/mol. The monoisotopic (exact) mass is 1240 g/mol. The van der Waals surface area contributed by atoms with Crippen LogP contribution in [0.15, 0.2) is 69.6 Å². The molecule has 0 bridgehead atoms. The SMILES string of the molecule is COCCOCCOCCOCCOCCOCC[N+](CCOCCOCCOCCOCCOCCOC)=c1ccc2c(C(C)(C)C)cc(/C=C/C=C3/N(CCCS(=O)(=O)[O-])c4ccc(S(=O)(=O)[O-])cc4C3(C)CCCC(=O)O)oc-2c1.[Na+]. The minimum absolute atomic E-state index is 0. The molecular formula is C58H89N2NaO21S2. The second-order valence-electron chi connectivity index (χ2n) is 20.5. The second kappa shape index (κ2) is 41.1. The number of hydrogen-bond donors (Lipinski definition) is 1. The van der Waals surface area contributed by atoms with Gasteiger partial charge in [0.15, 0.2) is 13.1 Å². The average molecular weight is 1240 g/mol. The van der Waals surface area contributed by atoms with Crippen LogP contribution in [-0.2, 0) is 92.7 Å². The molecule has 0 amide bonds. The van der Waals surface area contributed by atoms with Gasteiger partial charge in [-0.1, -0.05) is 26.8 Å². The molecule has 1 aromatic carbocycles. The van der Waals surface area contributed by atoms with Crippen LogP contribution in [0.2, 0.25) is 0 Å². The summed E-state index contributed by atoms with van der Waals surface area (Å²) in [7, 11) is -6.20. The Hall–Kier alpha value is -3.26. The third-order valence-corrected chi connectivity index (χ3v) is 14.8. The topological polar surface area (TPSA) is 282 Å². The van der Waals surface area contributed by atoms with Gasteiger partial charge in [0.05, 0.1) is 153 Å². The Morgan fingerprint density at radius 2 is 1.12 bits per heavy atom. The van der Waals surface area contributed by atoms with Crippen molar-refractivity contribution < 1.29 is 127 Å². The van der Waals surface area contributed by atoms with Crippen LogP contribution in [0, 0.1) is 0 Å². The number of carbonyl (C=O) groups is 1. The minimum Gasteiger partial charge on any atom is -0.748 e. The fraction of sp³-hybridized carbons (Fsp3) is 0.655. The number of benzene rings is 2. The molecule has 23 nitrogen and oxygen atoms in total. The van der Waals surface area contributed by atoms with Gasteiger partial charge < -0.3 is 80.4 Å². The van der Waals surface area contributed by atoms with Crippen molar-refractivity contribution in [2.24, 2.45) is 0 Å². The first-order valence-electron chi connectivity index (χ1n) is 28.1. The van der Waals surface area contributed by atoms with Crippen LogP contribution in [0.25, 0.3) is 17.4 Å². The first-order chi connectivity index (χ1) is 39.8. The summed E-state index contributed by atoms with van der Waals surface area (Å²) in [6, 6.07) is 12.0. The van der Waals surface area contributed by atoms with Crippen molar-refractivity contribution in [3.63, 3.8) is 0 Å². The minimum atomic E-state index is -4.88. The van der Waals surface area contributed by atoms with Gasteiger partial charge in [-0.05, 0) is 85.2 Å². The zero-order chi connectivity index (χ0) is 60.4. The van der Waals surface area contributed by atoms with Crippen LogP contribution >= 0.6 is 0 Å². The summed E-state index contributed by atoms with van der Waals surface area (Å²) < 4.78 is 147. The number of allylic oxidation sites excluding steroid dienone is 3. The number of anilines is 1. The maximum absolute atomic E-state index is 12.3. The van der Waals surface area contributed by atoms with Gasteiger partial charge in [-0.3, -0.25) is 4.79 Å². The van der Waals surface area contributed by atoms with E-state index >= 15 is 0 Å². The number of aliphatic carboxylic acids is 1. The average Bonchev–Trinajstić information content (AvgIpc) is 1.70. The van der Waals surface area contributed by atoms with Crippen molar-refractivity contribution in [2.75, 3.05) is 190 Å². The second-order valence-corrected chi connectivity index (χ2v) is 23.4. The standard InChI is InChI=1S/C58H90N2O21S2.Na/c1-57(2,3)51-45-48(10-7-11-55-58(4,17-8-12-56(61)62)52-46-49(83(66,67)68)14-16-53(52)60(55)18-9-43-82(63,64)65)81-54-44-47(13-15-50(51)54)59(19-21-71-27-29-75-35-37-79-41-39-77-33-31-73-25-23-69-5)20-22-72-28-30-76-36-38-80-42-40-78-34-32-74-26-24-70-6;/h7,10-11,13-16,44-46H,8-9,12,17-43H2,1-6H3,(H2-,61,62,63,64,65,66,67,68);/q;+1/p-1. The summed E-state index contributed by atoms with van der Waals surface area (Å²) in [4.78, 5) is 13.0. The molecule has 1 aromatic rings. The van der Waals surface area contributed by atoms with E-state index < -0.39 is 42.3 Å². The number of methoxy groups -OCH3 is 2. The Kier molecular flexibility index (Phi) is 36.6. The Morgan fingerprint density at radius 3 is 1.55 bits per heavy atom. The Morgan fingerprint density at radius 1 is 0.655 bits per heavy atom. The number of carboxylic acids is 1. The number of rotatable bonds is 47. The molecule has 0 spiro atoms. The van der Waals surface area contributed by atoms with Crippen molar-refractivity contribution in [2.45, 2.75) is 69.1 Å². The molecule has 0 aromatic heterocycles. The zero-order valence-corrected chi connectivity index (χ0v) is 53.9. The van der Waals surface area contributed by atoms with E-state index in [1.54, 1.807) is 37.3 Å². The number of carboxylic acid groups (broad SMARTS) is 1. The largest absolute Gasteiger partial charge is 1.00 e. The molecule has 26 heteroatoms. The fourth-order valence-electron chi connectivity index (χ4n) is 8.98. The maximum Gasteiger partial charge on any atom is 1.00 e. The fourth-order valence-corrected chi connectivity index (χ4v) is 9.96. The molecule has 1 unspecified atom stereocenters. The number of hydrogen-bond acceptors (Lipinski definition) is 21. The molecule has 0 saturated heterocycles. The van der Waals surface area contributed by atoms with Gasteiger partial charge in [-0.25, -0.2) is 21.4 Å². The van der Waals surface area contributed by atoms with Crippen LogP contribution in [0.3, 0.4) is 0 Å². The summed E-state index contributed by atoms with van der Waals surface area (Å²) in [5.74, 6) is -0.561. The van der Waals surface area contributed by atoms with Crippen LogP contribution in [-0.4, -0.2) is 222 Å². The molecule has 1 aliphatic carbocycles. The molecule has 0 radical (unpaired) electrons. The Bertz CT molecular complexity index is 2640. The van der Waals surface area contributed by atoms with Crippen LogP contribution in [0.5, 0.6) is 0 Å². The Balaban J connectivity index is 0.0000185. The molecular weight excluding hydrogens is 1150 g/mol. The van der Waals surface area contributed by atoms with E-state index in [9.17, 15) is 35.8 Å². The molecule has 4 rings (SSSR count). The zero-order valence-electron chi connectivity index (χ0n) is 50.3. The summed E-state index contributed by atoms with van der Waals surface area (Å²) in [6.07, 6.45) is 5.52. The van der Waals surface area contributed by atoms with Gasteiger partial charge >= 0.3 is 35.5 Å². The van der Waals surface area contributed by atoms with Crippen molar-refractivity contribution >= 4 is 38.0 Å². The molecule has 2 heterocycles. The van der Waals surface area contributed by atoms with E-state index in [2.05, 4.69) is 25.3 Å². The molecule has 2 aliphatic heterocycles. The molecule has 1 N–H and O–H groups in total. The van der Waals surface area contributed by atoms with Crippen molar-refractivity contribution in [3.05, 3.63) is 82.6 Å². The number of ether oxygens (including phenoxy) is 12. The van der Waals surface area contributed by atoms with E-state index in [0.29, 0.717) is 187 Å². The first-order valence-corrected chi connectivity index (χ1v) is 31.1.